The van der Waals surface area contributed by atoms with Crippen molar-refractivity contribution in [3.05, 3.63) is 35.9 Å². The second kappa shape index (κ2) is 6.59. The number of hydrogen-bond acceptors (Lipinski definition) is 4. The molecule has 0 bridgehead atoms. The zero-order valence-corrected chi connectivity index (χ0v) is 14.2. The molecule has 1 amide bonds. The van der Waals surface area contributed by atoms with Gasteiger partial charge in [-0.25, -0.2) is 5.43 Å². The van der Waals surface area contributed by atoms with Crippen LogP contribution in [0.25, 0.3) is 0 Å². The third-order valence-corrected chi connectivity index (χ3v) is 5.62. The smallest absolute Gasteiger partial charge is 0.239 e. The van der Waals surface area contributed by atoms with Crippen molar-refractivity contribution in [1.29, 1.82) is 0 Å². The van der Waals surface area contributed by atoms with Gasteiger partial charge in [-0.2, -0.15) is 0 Å². The molecule has 2 heterocycles. The van der Waals surface area contributed by atoms with Crippen molar-refractivity contribution in [2.75, 3.05) is 13.1 Å². The lowest BCUT2D eigenvalue weighted by molar-refractivity contribution is -0.124. The summed E-state index contributed by atoms with van der Waals surface area (Å²) in [4.78, 5) is 12.7. The normalized spacial score (nSPS) is 28.9. The minimum atomic E-state index is -0.165. The highest BCUT2D eigenvalue weighted by atomic mass is 16.2. The second-order valence-electron chi connectivity index (χ2n) is 7.35. The molecule has 4 atom stereocenters. The van der Waals surface area contributed by atoms with Gasteiger partial charge in [0, 0.05) is 30.0 Å². The number of benzene rings is 1. The van der Waals surface area contributed by atoms with Crippen molar-refractivity contribution in [2.45, 2.75) is 50.7 Å². The number of rotatable bonds is 4. The van der Waals surface area contributed by atoms with E-state index in [0.29, 0.717) is 12.0 Å². The highest BCUT2D eigenvalue weighted by Gasteiger charge is 2.42. The van der Waals surface area contributed by atoms with Crippen LogP contribution in [0.2, 0.25) is 0 Å². The summed E-state index contributed by atoms with van der Waals surface area (Å²) in [7, 11) is 0. The highest BCUT2D eigenvalue weighted by Crippen LogP contribution is 2.27. The topological polar surface area (TPSA) is 65.2 Å². The number of hydrazine groups is 1. The second-order valence-corrected chi connectivity index (χ2v) is 7.35. The number of fused-ring (bicyclic) bond motifs is 1. The molecule has 0 radical (unpaired) electrons. The van der Waals surface area contributed by atoms with Crippen LogP contribution in [0, 0.1) is 5.92 Å². The lowest BCUT2D eigenvalue weighted by Crippen LogP contribution is -2.54. The summed E-state index contributed by atoms with van der Waals surface area (Å²) in [5.41, 5.74) is 7.60. The van der Waals surface area contributed by atoms with E-state index < -0.39 is 0 Å². The Morgan fingerprint density at radius 1 is 1.26 bits per heavy atom. The van der Waals surface area contributed by atoms with Gasteiger partial charge in [-0.3, -0.25) is 10.2 Å². The standard InChI is InChI=1S/C18H28N4O/c1-12(18(2,3)13-7-5-4-6-8-13)20-17(23)16-14-11-19-10-9-15(14)21-22-16/h4-8,12,14-16,19,21-22H,9-11H2,1-3H3,(H,20,23). The first-order valence-corrected chi connectivity index (χ1v) is 8.58. The molecule has 1 aromatic rings. The zero-order valence-electron chi connectivity index (χ0n) is 14.2. The van der Waals surface area contributed by atoms with E-state index in [1.807, 2.05) is 18.2 Å². The fourth-order valence-corrected chi connectivity index (χ4v) is 3.58. The largest absolute Gasteiger partial charge is 0.351 e. The number of hydrogen-bond donors (Lipinski definition) is 4. The summed E-state index contributed by atoms with van der Waals surface area (Å²) in [5, 5.41) is 6.61. The van der Waals surface area contributed by atoms with E-state index in [2.05, 4.69) is 54.4 Å². The Morgan fingerprint density at radius 2 is 2.00 bits per heavy atom. The third kappa shape index (κ3) is 3.27. The molecule has 5 heteroatoms. The Hall–Kier alpha value is -1.43. The molecule has 2 aliphatic rings. The van der Waals surface area contributed by atoms with Gasteiger partial charge >= 0.3 is 0 Å². The molecule has 0 aromatic heterocycles. The average molecular weight is 316 g/mol. The number of piperidine rings is 1. The van der Waals surface area contributed by atoms with Crippen LogP contribution < -0.4 is 21.5 Å². The molecule has 0 spiro atoms. The molecule has 5 nitrogen and oxygen atoms in total. The number of nitrogens with one attached hydrogen (secondary N) is 4. The Balaban J connectivity index is 1.65. The van der Waals surface area contributed by atoms with Gasteiger partial charge < -0.3 is 10.6 Å². The number of carbonyl (C=O) groups is 1. The average Bonchev–Trinajstić information content (AvgIpc) is 2.99. The first kappa shape index (κ1) is 16.4. The first-order chi connectivity index (χ1) is 11.0. The van der Waals surface area contributed by atoms with Gasteiger partial charge in [-0.15, -0.1) is 0 Å². The van der Waals surface area contributed by atoms with Crippen LogP contribution in [0.5, 0.6) is 0 Å². The lowest BCUT2D eigenvalue weighted by Gasteiger charge is -2.34. The molecule has 0 saturated carbocycles. The molecule has 2 fully saturated rings. The molecular formula is C18H28N4O. The van der Waals surface area contributed by atoms with Gasteiger partial charge in [0.2, 0.25) is 5.91 Å². The minimum absolute atomic E-state index is 0.0507. The molecule has 2 saturated heterocycles. The molecular weight excluding hydrogens is 288 g/mol. The van der Waals surface area contributed by atoms with Crippen LogP contribution >= 0.6 is 0 Å². The summed E-state index contributed by atoms with van der Waals surface area (Å²) in [6.07, 6.45) is 1.06. The Labute approximate surface area is 138 Å². The highest BCUT2D eigenvalue weighted by molar-refractivity contribution is 5.83. The van der Waals surface area contributed by atoms with Gasteiger partial charge in [0.25, 0.3) is 0 Å². The Bertz CT molecular complexity index is 545. The summed E-state index contributed by atoms with van der Waals surface area (Å²) >= 11 is 0. The zero-order chi connectivity index (χ0) is 16.4. The summed E-state index contributed by atoms with van der Waals surface area (Å²) in [6.45, 7) is 8.35. The van der Waals surface area contributed by atoms with Crippen LogP contribution in [-0.2, 0) is 10.2 Å². The van der Waals surface area contributed by atoms with E-state index in [1.54, 1.807) is 0 Å². The fourth-order valence-electron chi connectivity index (χ4n) is 3.58. The SMILES string of the molecule is CC(NC(=O)C1NNC2CCNCC21)C(C)(C)c1ccccc1. The van der Waals surface area contributed by atoms with E-state index in [-0.39, 0.29) is 23.4 Å². The van der Waals surface area contributed by atoms with Crippen LogP contribution in [0.3, 0.4) is 0 Å². The van der Waals surface area contributed by atoms with Crippen molar-refractivity contribution in [3.63, 3.8) is 0 Å². The molecule has 1 aromatic carbocycles. The predicted molar refractivity (Wildman–Crippen MR) is 91.9 cm³/mol. The number of carbonyl (C=O) groups excluding carboxylic acids is 1. The van der Waals surface area contributed by atoms with E-state index in [1.165, 1.54) is 5.56 Å². The molecule has 0 aliphatic carbocycles. The monoisotopic (exact) mass is 316 g/mol. The Morgan fingerprint density at radius 3 is 2.74 bits per heavy atom. The molecule has 2 aliphatic heterocycles. The first-order valence-electron chi connectivity index (χ1n) is 8.58. The van der Waals surface area contributed by atoms with Crippen molar-refractivity contribution in [3.8, 4) is 0 Å². The maximum absolute atomic E-state index is 12.7. The van der Waals surface area contributed by atoms with E-state index in [0.717, 1.165) is 19.5 Å². The van der Waals surface area contributed by atoms with Crippen LogP contribution in [0.4, 0.5) is 0 Å². The number of amides is 1. The molecule has 23 heavy (non-hydrogen) atoms. The van der Waals surface area contributed by atoms with E-state index in [4.69, 9.17) is 0 Å². The quantitative estimate of drug-likeness (QED) is 0.667. The molecule has 126 valence electrons. The maximum Gasteiger partial charge on any atom is 0.239 e. The van der Waals surface area contributed by atoms with Crippen molar-refractivity contribution < 1.29 is 4.79 Å². The molecule has 4 N–H and O–H groups in total. The van der Waals surface area contributed by atoms with Gasteiger partial charge in [0.05, 0.1) is 0 Å². The van der Waals surface area contributed by atoms with Crippen LogP contribution in [-0.4, -0.2) is 37.1 Å². The van der Waals surface area contributed by atoms with E-state index >= 15 is 0 Å². The van der Waals surface area contributed by atoms with Crippen LogP contribution in [0.15, 0.2) is 30.3 Å². The third-order valence-electron chi connectivity index (χ3n) is 5.62. The molecule has 4 unspecified atom stereocenters. The summed E-state index contributed by atoms with van der Waals surface area (Å²) in [6, 6.07) is 10.6. The van der Waals surface area contributed by atoms with Crippen molar-refractivity contribution in [1.82, 2.24) is 21.5 Å². The minimum Gasteiger partial charge on any atom is -0.351 e. The Kier molecular flexibility index (Phi) is 4.71. The van der Waals surface area contributed by atoms with Gasteiger partial charge in [0.15, 0.2) is 0 Å². The van der Waals surface area contributed by atoms with Gasteiger partial charge in [-0.1, -0.05) is 44.2 Å². The fraction of sp³-hybridized carbons (Fsp3) is 0.611. The molecule has 3 rings (SSSR count). The van der Waals surface area contributed by atoms with E-state index in [9.17, 15) is 4.79 Å². The van der Waals surface area contributed by atoms with Crippen LogP contribution in [0.1, 0.15) is 32.8 Å². The van der Waals surface area contributed by atoms with Crippen molar-refractivity contribution in [2.24, 2.45) is 5.92 Å². The van der Waals surface area contributed by atoms with Gasteiger partial charge in [-0.05, 0) is 25.5 Å². The maximum atomic E-state index is 12.7. The lowest BCUT2D eigenvalue weighted by atomic mass is 9.78. The van der Waals surface area contributed by atoms with Crippen molar-refractivity contribution >= 4 is 5.91 Å². The summed E-state index contributed by atoms with van der Waals surface area (Å²) in [5.74, 6) is 0.404. The van der Waals surface area contributed by atoms with Gasteiger partial charge in [0.1, 0.15) is 6.04 Å². The predicted octanol–water partition coefficient (Wildman–Crippen LogP) is 0.923. The summed E-state index contributed by atoms with van der Waals surface area (Å²) < 4.78 is 0.